The summed E-state index contributed by atoms with van der Waals surface area (Å²) >= 11 is 7.44. The van der Waals surface area contributed by atoms with Gasteiger partial charge in [-0.1, -0.05) is 24.4 Å². The second kappa shape index (κ2) is 7.64. The smallest absolute Gasteiger partial charge is 0.224 e. The second-order valence-corrected chi connectivity index (χ2v) is 7.35. The number of thiophene rings is 1. The quantitative estimate of drug-likeness (QED) is 0.885. The summed E-state index contributed by atoms with van der Waals surface area (Å²) in [6.45, 7) is 2.65. The van der Waals surface area contributed by atoms with E-state index in [4.69, 9.17) is 17.3 Å². The van der Waals surface area contributed by atoms with E-state index in [1.54, 1.807) is 11.3 Å². The number of hydrogen-bond donors (Lipinski definition) is 2. The second-order valence-electron chi connectivity index (χ2n) is 5.55. The van der Waals surface area contributed by atoms with Crippen LogP contribution in [0.5, 0.6) is 0 Å². The fourth-order valence-electron chi connectivity index (χ4n) is 2.71. The van der Waals surface area contributed by atoms with Crippen molar-refractivity contribution < 1.29 is 4.79 Å². The molecule has 2 atom stereocenters. The zero-order valence-electron chi connectivity index (χ0n) is 11.7. The largest absolute Gasteiger partial charge is 0.355 e. The van der Waals surface area contributed by atoms with Gasteiger partial charge in [0.05, 0.1) is 10.3 Å². The van der Waals surface area contributed by atoms with Crippen molar-refractivity contribution in [1.29, 1.82) is 0 Å². The van der Waals surface area contributed by atoms with Gasteiger partial charge in [0.2, 0.25) is 5.91 Å². The summed E-state index contributed by atoms with van der Waals surface area (Å²) < 4.78 is 0.795. The van der Waals surface area contributed by atoms with Gasteiger partial charge in [0.25, 0.3) is 0 Å². The number of halogens is 2. The van der Waals surface area contributed by atoms with Crippen molar-refractivity contribution in [2.75, 3.05) is 6.54 Å². The predicted octanol–water partition coefficient (Wildman–Crippen LogP) is 3.39. The fourth-order valence-corrected chi connectivity index (χ4v) is 3.79. The van der Waals surface area contributed by atoms with Gasteiger partial charge in [-0.25, -0.2) is 0 Å². The number of carbonyl (C=O) groups is 1. The van der Waals surface area contributed by atoms with Gasteiger partial charge in [0, 0.05) is 17.0 Å². The number of carbonyl (C=O) groups excluding carboxylic acids is 1. The molecule has 6 heteroatoms. The van der Waals surface area contributed by atoms with Gasteiger partial charge in [-0.3, -0.25) is 4.79 Å². The van der Waals surface area contributed by atoms with Crippen molar-refractivity contribution in [3.8, 4) is 0 Å². The molecule has 0 radical (unpaired) electrons. The van der Waals surface area contributed by atoms with E-state index < -0.39 is 0 Å². The highest BCUT2D eigenvalue weighted by molar-refractivity contribution is 7.16. The third-order valence-corrected chi connectivity index (χ3v) is 5.16. The lowest BCUT2D eigenvalue weighted by Crippen LogP contribution is -2.53. The van der Waals surface area contributed by atoms with Gasteiger partial charge in [-0.15, -0.1) is 23.7 Å². The molecule has 0 bridgehead atoms. The van der Waals surface area contributed by atoms with Crippen LogP contribution < -0.4 is 11.1 Å². The Balaban J connectivity index is 0.00000200. The van der Waals surface area contributed by atoms with E-state index in [1.807, 2.05) is 19.1 Å². The van der Waals surface area contributed by atoms with Gasteiger partial charge in [0.15, 0.2) is 0 Å². The van der Waals surface area contributed by atoms with Crippen molar-refractivity contribution in [1.82, 2.24) is 5.32 Å². The third kappa shape index (κ3) is 4.62. The van der Waals surface area contributed by atoms with Crippen LogP contribution in [0, 0.1) is 5.92 Å². The molecule has 1 aliphatic rings. The number of nitrogens with two attached hydrogens (primary N) is 1. The number of amides is 1. The van der Waals surface area contributed by atoms with Crippen LogP contribution in [-0.4, -0.2) is 18.0 Å². The van der Waals surface area contributed by atoms with E-state index in [9.17, 15) is 4.79 Å². The van der Waals surface area contributed by atoms with E-state index >= 15 is 0 Å². The number of rotatable bonds is 4. The Morgan fingerprint density at radius 1 is 1.55 bits per heavy atom. The molecule has 0 spiro atoms. The highest BCUT2D eigenvalue weighted by Crippen LogP contribution is 2.31. The van der Waals surface area contributed by atoms with E-state index in [1.165, 1.54) is 4.88 Å². The standard InChI is InChI=1S/C14H21ClN2OS.ClH/c1-14(16)8-3-2-4-11(14)13(18)17-9-7-10-5-6-12(15)19-10;/h5-6,11H,2-4,7-9,16H2,1H3,(H,17,18);1H. The Kier molecular flexibility index (Phi) is 6.79. The Hall–Kier alpha value is -0.290. The van der Waals surface area contributed by atoms with Crippen LogP contribution in [0.15, 0.2) is 12.1 Å². The van der Waals surface area contributed by atoms with Crippen LogP contribution in [0.2, 0.25) is 4.34 Å². The van der Waals surface area contributed by atoms with Crippen LogP contribution >= 0.6 is 35.3 Å². The molecule has 3 nitrogen and oxygen atoms in total. The molecule has 1 fully saturated rings. The monoisotopic (exact) mass is 336 g/mol. The first kappa shape index (κ1) is 17.8. The molecule has 0 saturated heterocycles. The van der Waals surface area contributed by atoms with Crippen LogP contribution in [-0.2, 0) is 11.2 Å². The molecule has 114 valence electrons. The lowest BCUT2D eigenvalue weighted by atomic mass is 9.74. The summed E-state index contributed by atoms with van der Waals surface area (Å²) in [5.41, 5.74) is 5.88. The molecule has 2 unspecified atom stereocenters. The maximum absolute atomic E-state index is 12.2. The fraction of sp³-hybridized carbons (Fsp3) is 0.643. The minimum absolute atomic E-state index is 0. The van der Waals surface area contributed by atoms with Crippen molar-refractivity contribution >= 4 is 41.3 Å². The topological polar surface area (TPSA) is 55.1 Å². The Bertz CT molecular complexity index is 448. The zero-order chi connectivity index (χ0) is 13.9. The first-order valence-corrected chi connectivity index (χ1v) is 7.99. The van der Waals surface area contributed by atoms with Gasteiger partial charge in [0.1, 0.15) is 0 Å². The van der Waals surface area contributed by atoms with Crippen molar-refractivity contribution in [2.45, 2.75) is 44.6 Å². The lowest BCUT2D eigenvalue weighted by molar-refractivity contribution is -0.128. The molecule has 20 heavy (non-hydrogen) atoms. The highest BCUT2D eigenvalue weighted by atomic mass is 35.5. The number of nitrogens with one attached hydrogen (secondary N) is 1. The average molecular weight is 337 g/mol. The van der Waals surface area contributed by atoms with E-state index in [2.05, 4.69) is 5.32 Å². The summed E-state index contributed by atoms with van der Waals surface area (Å²) in [5, 5.41) is 3.01. The first-order valence-electron chi connectivity index (χ1n) is 6.80. The minimum atomic E-state index is -0.353. The SMILES string of the molecule is CC1(N)CCCCC1C(=O)NCCc1ccc(Cl)s1.Cl. The van der Waals surface area contributed by atoms with E-state index in [0.717, 1.165) is 36.4 Å². The van der Waals surface area contributed by atoms with Crippen LogP contribution in [0.25, 0.3) is 0 Å². The summed E-state index contributed by atoms with van der Waals surface area (Å²) in [6.07, 6.45) is 4.91. The minimum Gasteiger partial charge on any atom is -0.355 e. The molecule has 1 aliphatic carbocycles. The van der Waals surface area contributed by atoms with Crippen molar-refractivity contribution in [3.05, 3.63) is 21.3 Å². The molecule has 1 aromatic heterocycles. The highest BCUT2D eigenvalue weighted by Gasteiger charge is 2.37. The summed E-state index contributed by atoms with van der Waals surface area (Å²) in [6, 6.07) is 3.90. The van der Waals surface area contributed by atoms with Gasteiger partial charge in [-0.05, 0) is 38.3 Å². The normalized spacial score (nSPS) is 25.9. The Labute approximate surface area is 135 Å². The summed E-state index contributed by atoms with van der Waals surface area (Å²) in [4.78, 5) is 13.4. The van der Waals surface area contributed by atoms with Gasteiger partial charge < -0.3 is 11.1 Å². The molecule has 0 aliphatic heterocycles. The average Bonchev–Trinajstić information content (AvgIpc) is 2.74. The van der Waals surface area contributed by atoms with Gasteiger partial charge >= 0.3 is 0 Å². The van der Waals surface area contributed by atoms with Crippen molar-refractivity contribution in [2.24, 2.45) is 11.7 Å². The number of hydrogen-bond acceptors (Lipinski definition) is 3. The van der Waals surface area contributed by atoms with Crippen LogP contribution in [0.3, 0.4) is 0 Å². The summed E-state index contributed by atoms with van der Waals surface area (Å²) in [7, 11) is 0. The maximum Gasteiger partial charge on any atom is 0.224 e. The molecule has 1 saturated carbocycles. The third-order valence-electron chi connectivity index (χ3n) is 3.87. The molecule has 1 aromatic rings. The molecule has 2 rings (SSSR count). The summed E-state index contributed by atoms with van der Waals surface area (Å²) in [5.74, 6) is 0.0560. The first-order chi connectivity index (χ1) is 8.99. The van der Waals surface area contributed by atoms with E-state index in [0.29, 0.717) is 6.54 Å². The maximum atomic E-state index is 12.2. The molecular formula is C14H22Cl2N2OS. The Morgan fingerprint density at radius 3 is 2.90 bits per heavy atom. The molecule has 1 heterocycles. The molecule has 3 N–H and O–H groups in total. The van der Waals surface area contributed by atoms with Gasteiger partial charge in [-0.2, -0.15) is 0 Å². The zero-order valence-corrected chi connectivity index (χ0v) is 14.0. The molecular weight excluding hydrogens is 315 g/mol. The Morgan fingerprint density at radius 2 is 2.30 bits per heavy atom. The lowest BCUT2D eigenvalue weighted by Gasteiger charge is -2.37. The van der Waals surface area contributed by atoms with Crippen LogP contribution in [0.1, 0.15) is 37.5 Å². The van der Waals surface area contributed by atoms with Crippen molar-refractivity contribution in [3.63, 3.8) is 0 Å². The molecule has 1 amide bonds. The van der Waals surface area contributed by atoms with Crippen LogP contribution in [0.4, 0.5) is 0 Å². The van der Waals surface area contributed by atoms with E-state index in [-0.39, 0.29) is 29.8 Å². The predicted molar refractivity (Wildman–Crippen MR) is 87.8 cm³/mol. The molecule has 0 aromatic carbocycles.